The number of carbonyl (C=O) groups excluding carboxylic acids is 3. The molecule has 2 saturated heterocycles. The van der Waals surface area contributed by atoms with Crippen molar-refractivity contribution < 1.29 is 14.4 Å². The molecule has 2 atom stereocenters. The highest BCUT2D eigenvalue weighted by molar-refractivity contribution is 6.10. The number of amides is 3. The quantitative estimate of drug-likeness (QED) is 0.767. The SMILES string of the molecule is CN1CCCC(N2CCN(C(=O)C[C@@H]3NC(=O)c4ccccc4NC3=O)CC2)C1. The summed E-state index contributed by atoms with van der Waals surface area (Å²) in [5.41, 5.74) is 0.901. The summed E-state index contributed by atoms with van der Waals surface area (Å²) in [5, 5.41) is 5.47. The minimum atomic E-state index is -0.854. The average molecular weight is 399 g/mol. The van der Waals surface area contributed by atoms with Crippen molar-refractivity contribution in [2.24, 2.45) is 0 Å². The summed E-state index contributed by atoms with van der Waals surface area (Å²) in [5.74, 6) is -0.764. The van der Waals surface area contributed by atoms with Crippen molar-refractivity contribution in [3.63, 3.8) is 0 Å². The molecule has 3 aliphatic heterocycles. The van der Waals surface area contributed by atoms with Crippen LogP contribution >= 0.6 is 0 Å². The highest BCUT2D eigenvalue weighted by Gasteiger charge is 2.33. The normalized spacial score (nSPS) is 26.3. The van der Waals surface area contributed by atoms with Gasteiger partial charge in [0.15, 0.2) is 0 Å². The maximum Gasteiger partial charge on any atom is 0.254 e. The van der Waals surface area contributed by atoms with E-state index in [0.29, 0.717) is 30.4 Å². The number of rotatable bonds is 3. The fraction of sp³-hybridized carbons (Fsp3) is 0.571. The first-order valence-electron chi connectivity index (χ1n) is 10.4. The zero-order chi connectivity index (χ0) is 20.4. The Morgan fingerprint density at radius 1 is 1.10 bits per heavy atom. The lowest BCUT2D eigenvalue weighted by atomic mass is 10.0. The number of hydrogen-bond acceptors (Lipinski definition) is 5. The molecule has 0 saturated carbocycles. The van der Waals surface area contributed by atoms with E-state index in [2.05, 4.69) is 27.5 Å². The van der Waals surface area contributed by atoms with E-state index in [-0.39, 0.29) is 24.1 Å². The van der Waals surface area contributed by atoms with Crippen molar-refractivity contribution >= 4 is 23.4 Å². The molecule has 8 heteroatoms. The third kappa shape index (κ3) is 4.43. The number of fused-ring (bicyclic) bond motifs is 1. The van der Waals surface area contributed by atoms with Crippen molar-refractivity contribution in [1.82, 2.24) is 20.0 Å². The third-order valence-electron chi connectivity index (χ3n) is 6.21. The standard InChI is InChI=1S/C21H29N5O3/c1-24-8-4-5-15(14-24)25-9-11-26(12-10-25)19(27)13-18-21(29)22-17-7-3-2-6-16(17)20(28)23-18/h2-3,6-7,15,18H,4-5,8-14H2,1H3,(H,22,29)(H,23,28)/t15?,18-/m0/s1. The van der Waals surface area contributed by atoms with Crippen molar-refractivity contribution in [2.45, 2.75) is 31.3 Å². The van der Waals surface area contributed by atoms with Crippen LogP contribution in [0.3, 0.4) is 0 Å². The molecular formula is C21H29N5O3. The molecule has 1 unspecified atom stereocenters. The Morgan fingerprint density at radius 2 is 1.86 bits per heavy atom. The van der Waals surface area contributed by atoms with E-state index < -0.39 is 6.04 Å². The Bertz CT molecular complexity index is 790. The monoisotopic (exact) mass is 399 g/mol. The van der Waals surface area contributed by atoms with Crippen LogP contribution in [0.15, 0.2) is 24.3 Å². The summed E-state index contributed by atoms with van der Waals surface area (Å²) in [6, 6.07) is 6.58. The number of carbonyl (C=O) groups is 3. The summed E-state index contributed by atoms with van der Waals surface area (Å²) in [7, 11) is 2.16. The Kier molecular flexibility index (Phi) is 5.82. The first-order chi connectivity index (χ1) is 14.0. The molecular weight excluding hydrogens is 370 g/mol. The molecule has 0 bridgehead atoms. The summed E-state index contributed by atoms with van der Waals surface area (Å²) < 4.78 is 0. The van der Waals surface area contributed by atoms with E-state index in [9.17, 15) is 14.4 Å². The van der Waals surface area contributed by atoms with Gasteiger partial charge in [0, 0.05) is 38.8 Å². The molecule has 2 N–H and O–H groups in total. The lowest BCUT2D eigenvalue weighted by Gasteiger charge is -2.42. The van der Waals surface area contributed by atoms with Crippen LogP contribution in [-0.2, 0) is 9.59 Å². The second-order valence-electron chi connectivity index (χ2n) is 8.24. The summed E-state index contributed by atoms with van der Waals surface area (Å²) in [4.78, 5) is 44.4. The molecule has 156 valence electrons. The first-order valence-corrected chi connectivity index (χ1v) is 10.4. The van der Waals surface area contributed by atoms with Crippen LogP contribution in [0.4, 0.5) is 5.69 Å². The number of benzene rings is 1. The van der Waals surface area contributed by atoms with Crippen LogP contribution in [0.5, 0.6) is 0 Å². The zero-order valence-corrected chi connectivity index (χ0v) is 16.9. The van der Waals surface area contributed by atoms with Gasteiger partial charge < -0.3 is 20.4 Å². The van der Waals surface area contributed by atoms with E-state index in [1.165, 1.54) is 12.8 Å². The van der Waals surface area contributed by atoms with Crippen LogP contribution in [0, 0.1) is 0 Å². The molecule has 0 radical (unpaired) electrons. The number of piperidine rings is 1. The molecule has 3 heterocycles. The van der Waals surface area contributed by atoms with Gasteiger partial charge in [-0.1, -0.05) is 12.1 Å². The molecule has 0 aliphatic carbocycles. The van der Waals surface area contributed by atoms with Gasteiger partial charge in [0.25, 0.3) is 5.91 Å². The summed E-state index contributed by atoms with van der Waals surface area (Å²) in [6.07, 6.45) is 2.42. The van der Waals surface area contributed by atoms with Gasteiger partial charge in [-0.2, -0.15) is 0 Å². The molecule has 3 aliphatic rings. The molecule has 4 rings (SSSR count). The number of likely N-dealkylation sites (N-methyl/N-ethyl adjacent to an activating group) is 1. The molecule has 0 aromatic heterocycles. The summed E-state index contributed by atoms with van der Waals surface area (Å²) >= 11 is 0. The van der Waals surface area contributed by atoms with Crippen molar-refractivity contribution in [3.05, 3.63) is 29.8 Å². The Hall–Kier alpha value is -2.45. The van der Waals surface area contributed by atoms with Crippen molar-refractivity contribution in [1.29, 1.82) is 0 Å². The lowest BCUT2D eigenvalue weighted by Crippen LogP contribution is -2.56. The molecule has 8 nitrogen and oxygen atoms in total. The number of piperazine rings is 1. The minimum absolute atomic E-state index is 0.0161. The van der Waals surface area contributed by atoms with Gasteiger partial charge in [0.2, 0.25) is 11.8 Å². The van der Waals surface area contributed by atoms with Gasteiger partial charge >= 0.3 is 0 Å². The average Bonchev–Trinajstić information content (AvgIpc) is 2.84. The summed E-state index contributed by atoms with van der Waals surface area (Å²) in [6.45, 7) is 5.30. The minimum Gasteiger partial charge on any atom is -0.340 e. The van der Waals surface area contributed by atoms with Crippen LogP contribution < -0.4 is 10.6 Å². The smallest absolute Gasteiger partial charge is 0.254 e. The van der Waals surface area contributed by atoms with Gasteiger partial charge in [0.1, 0.15) is 6.04 Å². The van der Waals surface area contributed by atoms with E-state index in [1.807, 2.05) is 4.90 Å². The fourth-order valence-electron chi connectivity index (χ4n) is 4.53. The molecule has 1 aromatic rings. The van der Waals surface area contributed by atoms with Gasteiger partial charge in [-0.15, -0.1) is 0 Å². The zero-order valence-electron chi connectivity index (χ0n) is 16.9. The van der Waals surface area contributed by atoms with Crippen molar-refractivity contribution in [2.75, 3.05) is 51.6 Å². The predicted molar refractivity (Wildman–Crippen MR) is 110 cm³/mol. The lowest BCUT2D eigenvalue weighted by molar-refractivity contribution is -0.135. The second kappa shape index (κ2) is 8.51. The number of nitrogens with zero attached hydrogens (tertiary/aromatic N) is 3. The highest BCUT2D eigenvalue weighted by atomic mass is 16.2. The van der Waals surface area contributed by atoms with E-state index in [1.54, 1.807) is 24.3 Å². The highest BCUT2D eigenvalue weighted by Crippen LogP contribution is 2.20. The van der Waals surface area contributed by atoms with Gasteiger partial charge in [0.05, 0.1) is 17.7 Å². The third-order valence-corrected chi connectivity index (χ3v) is 6.21. The molecule has 1 aromatic carbocycles. The van der Waals surface area contributed by atoms with Gasteiger partial charge in [-0.25, -0.2) is 0 Å². The van der Waals surface area contributed by atoms with Crippen LogP contribution in [0.1, 0.15) is 29.6 Å². The largest absolute Gasteiger partial charge is 0.340 e. The number of likely N-dealkylation sites (tertiary alicyclic amines) is 1. The molecule has 0 spiro atoms. The predicted octanol–water partition coefficient (Wildman–Crippen LogP) is 0.366. The Morgan fingerprint density at radius 3 is 2.62 bits per heavy atom. The number of anilines is 1. The van der Waals surface area contributed by atoms with Crippen LogP contribution in [0.2, 0.25) is 0 Å². The number of nitrogens with one attached hydrogen (secondary N) is 2. The Labute approximate surface area is 171 Å². The van der Waals surface area contributed by atoms with Crippen LogP contribution in [-0.4, -0.2) is 90.8 Å². The number of para-hydroxylation sites is 1. The van der Waals surface area contributed by atoms with Crippen molar-refractivity contribution in [3.8, 4) is 0 Å². The first kappa shape index (κ1) is 19.8. The van der Waals surface area contributed by atoms with E-state index >= 15 is 0 Å². The Balaban J connectivity index is 1.32. The molecule has 29 heavy (non-hydrogen) atoms. The van der Waals surface area contributed by atoms with Crippen LogP contribution in [0.25, 0.3) is 0 Å². The fourth-order valence-corrected chi connectivity index (χ4v) is 4.53. The maximum absolute atomic E-state index is 12.8. The molecule has 3 amide bonds. The maximum atomic E-state index is 12.8. The van der Waals surface area contributed by atoms with E-state index in [4.69, 9.17) is 0 Å². The topological polar surface area (TPSA) is 85.0 Å². The van der Waals surface area contributed by atoms with E-state index in [0.717, 1.165) is 26.2 Å². The van der Waals surface area contributed by atoms with Gasteiger partial charge in [-0.3, -0.25) is 19.3 Å². The second-order valence-corrected chi connectivity index (χ2v) is 8.24. The molecule has 2 fully saturated rings. The van der Waals surface area contributed by atoms with Gasteiger partial charge in [-0.05, 0) is 38.6 Å². The number of hydrogen-bond donors (Lipinski definition) is 2.